The molecule has 0 spiro atoms. The standard InChI is InChI=1S/C18H18ClNO4S/c1-11-3-5-15(25(2,22)23)9-16(11)20-18(21)13-7-12-8-14(19)4-6-17(12)24-10-13/h3-6,8-9,13H,7,10H2,1-2H3,(H,20,21)/t13-/m0/s1. The maximum Gasteiger partial charge on any atom is 0.231 e. The summed E-state index contributed by atoms with van der Waals surface area (Å²) in [7, 11) is -3.34. The summed E-state index contributed by atoms with van der Waals surface area (Å²) < 4.78 is 29.1. The average Bonchev–Trinajstić information content (AvgIpc) is 2.55. The number of sulfone groups is 1. The summed E-state index contributed by atoms with van der Waals surface area (Å²) in [6.45, 7) is 2.08. The van der Waals surface area contributed by atoms with Crippen LogP contribution in [0.2, 0.25) is 5.02 Å². The molecule has 1 heterocycles. The fraction of sp³-hybridized carbons (Fsp3) is 0.278. The zero-order valence-corrected chi connectivity index (χ0v) is 15.4. The Hall–Kier alpha value is -2.05. The molecule has 5 nitrogen and oxygen atoms in total. The second kappa shape index (κ2) is 6.69. The van der Waals surface area contributed by atoms with Gasteiger partial charge in [-0.05, 0) is 54.8 Å². The summed E-state index contributed by atoms with van der Waals surface area (Å²) in [5.41, 5.74) is 2.17. The van der Waals surface area contributed by atoms with Crippen LogP contribution in [0.3, 0.4) is 0 Å². The van der Waals surface area contributed by atoms with Gasteiger partial charge in [-0.15, -0.1) is 0 Å². The summed E-state index contributed by atoms with van der Waals surface area (Å²) in [6.07, 6.45) is 1.66. The molecule has 0 saturated carbocycles. The van der Waals surface area contributed by atoms with Gasteiger partial charge in [0.2, 0.25) is 5.91 Å². The van der Waals surface area contributed by atoms with Gasteiger partial charge in [0.05, 0.1) is 10.8 Å². The molecule has 0 bridgehead atoms. The Morgan fingerprint density at radius 1 is 1.24 bits per heavy atom. The molecule has 2 aromatic carbocycles. The highest BCUT2D eigenvalue weighted by atomic mass is 35.5. The molecule has 1 amide bonds. The zero-order chi connectivity index (χ0) is 18.2. The van der Waals surface area contributed by atoms with Gasteiger partial charge in [-0.3, -0.25) is 4.79 Å². The Kier molecular flexibility index (Phi) is 4.75. The second-order valence-corrected chi connectivity index (χ2v) is 8.65. The number of rotatable bonds is 3. The van der Waals surface area contributed by atoms with Crippen LogP contribution in [-0.2, 0) is 21.1 Å². The smallest absolute Gasteiger partial charge is 0.231 e. The van der Waals surface area contributed by atoms with Crippen molar-refractivity contribution in [3.8, 4) is 5.75 Å². The first-order valence-corrected chi connectivity index (χ1v) is 10.0. The van der Waals surface area contributed by atoms with Crippen LogP contribution in [0, 0.1) is 12.8 Å². The molecule has 1 atom stereocenters. The van der Waals surface area contributed by atoms with E-state index in [4.69, 9.17) is 16.3 Å². The molecular weight excluding hydrogens is 362 g/mol. The van der Waals surface area contributed by atoms with E-state index in [0.29, 0.717) is 17.1 Å². The molecule has 0 aliphatic carbocycles. The van der Waals surface area contributed by atoms with Crippen molar-refractivity contribution in [2.45, 2.75) is 18.2 Å². The minimum Gasteiger partial charge on any atom is -0.492 e. The molecule has 0 unspecified atom stereocenters. The van der Waals surface area contributed by atoms with Crippen molar-refractivity contribution in [3.05, 3.63) is 52.5 Å². The average molecular weight is 380 g/mol. The van der Waals surface area contributed by atoms with Gasteiger partial charge >= 0.3 is 0 Å². The third kappa shape index (κ3) is 3.96. The number of carbonyl (C=O) groups is 1. The van der Waals surface area contributed by atoms with Crippen LogP contribution in [0.4, 0.5) is 5.69 Å². The fourth-order valence-electron chi connectivity index (χ4n) is 2.73. The highest BCUT2D eigenvalue weighted by molar-refractivity contribution is 7.90. The van der Waals surface area contributed by atoms with E-state index in [-0.39, 0.29) is 23.3 Å². The third-order valence-electron chi connectivity index (χ3n) is 4.19. The maximum atomic E-state index is 12.6. The number of benzene rings is 2. The molecule has 0 aromatic heterocycles. The molecule has 132 valence electrons. The normalized spacial score (nSPS) is 16.7. The molecule has 3 rings (SSSR count). The summed E-state index contributed by atoms with van der Waals surface area (Å²) in [5, 5.41) is 3.42. The van der Waals surface area contributed by atoms with Crippen molar-refractivity contribution in [2.75, 3.05) is 18.2 Å². The molecule has 7 heteroatoms. The van der Waals surface area contributed by atoms with Crippen LogP contribution in [-0.4, -0.2) is 27.2 Å². The van der Waals surface area contributed by atoms with Gasteiger partial charge in [0.1, 0.15) is 12.4 Å². The van der Waals surface area contributed by atoms with Crippen molar-refractivity contribution in [1.29, 1.82) is 0 Å². The SMILES string of the molecule is Cc1ccc(S(C)(=O)=O)cc1NC(=O)[C@@H]1COc2ccc(Cl)cc2C1. The van der Waals surface area contributed by atoms with Crippen LogP contribution < -0.4 is 10.1 Å². The number of hydrogen-bond acceptors (Lipinski definition) is 4. The number of halogens is 1. The zero-order valence-electron chi connectivity index (χ0n) is 13.9. The lowest BCUT2D eigenvalue weighted by Crippen LogP contribution is -2.32. The number of amides is 1. The van der Waals surface area contributed by atoms with Crippen molar-refractivity contribution in [3.63, 3.8) is 0 Å². The number of carbonyl (C=O) groups excluding carboxylic acids is 1. The molecular formula is C18H18ClNO4S. The molecule has 2 aromatic rings. The molecule has 1 aliphatic heterocycles. The highest BCUT2D eigenvalue weighted by Gasteiger charge is 2.26. The van der Waals surface area contributed by atoms with Crippen molar-refractivity contribution < 1.29 is 17.9 Å². The van der Waals surface area contributed by atoms with E-state index >= 15 is 0 Å². The number of hydrogen-bond donors (Lipinski definition) is 1. The summed E-state index contributed by atoms with van der Waals surface area (Å²) >= 11 is 6.00. The van der Waals surface area contributed by atoms with Crippen LogP contribution in [0.5, 0.6) is 5.75 Å². The van der Waals surface area contributed by atoms with Gasteiger partial charge in [0.15, 0.2) is 9.84 Å². The van der Waals surface area contributed by atoms with Crippen LogP contribution in [0.1, 0.15) is 11.1 Å². The number of fused-ring (bicyclic) bond motifs is 1. The Morgan fingerprint density at radius 3 is 2.72 bits per heavy atom. The Balaban J connectivity index is 1.79. The number of nitrogens with one attached hydrogen (secondary N) is 1. The van der Waals surface area contributed by atoms with Crippen LogP contribution in [0.15, 0.2) is 41.3 Å². The highest BCUT2D eigenvalue weighted by Crippen LogP contribution is 2.30. The molecule has 0 fully saturated rings. The Morgan fingerprint density at radius 2 is 2.00 bits per heavy atom. The van der Waals surface area contributed by atoms with Gasteiger partial charge in [0.25, 0.3) is 0 Å². The van der Waals surface area contributed by atoms with Gasteiger partial charge in [0, 0.05) is 17.0 Å². The number of anilines is 1. The Labute approximate surface area is 151 Å². The van der Waals surface area contributed by atoms with E-state index in [2.05, 4.69) is 5.32 Å². The number of aryl methyl sites for hydroxylation is 1. The lowest BCUT2D eigenvalue weighted by Gasteiger charge is -2.25. The maximum absolute atomic E-state index is 12.6. The van der Waals surface area contributed by atoms with Gasteiger partial charge in [-0.2, -0.15) is 0 Å². The van der Waals surface area contributed by atoms with Crippen molar-refractivity contribution in [2.24, 2.45) is 5.92 Å². The topological polar surface area (TPSA) is 72.5 Å². The monoisotopic (exact) mass is 379 g/mol. The fourth-order valence-corrected chi connectivity index (χ4v) is 3.57. The van der Waals surface area contributed by atoms with Crippen molar-refractivity contribution >= 4 is 33.0 Å². The third-order valence-corrected chi connectivity index (χ3v) is 5.54. The minimum absolute atomic E-state index is 0.172. The summed E-state index contributed by atoms with van der Waals surface area (Å²) in [6, 6.07) is 10.0. The van der Waals surface area contributed by atoms with Gasteiger partial charge < -0.3 is 10.1 Å². The van der Waals surface area contributed by atoms with E-state index in [1.807, 2.05) is 6.92 Å². The number of ether oxygens (including phenoxy) is 1. The van der Waals surface area contributed by atoms with E-state index in [9.17, 15) is 13.2 Å². The largest absolute Gasteiger partial charge is 0.492 e. The van der Waals surface area contributed by atoms with E-state index < -0.39 is 9.84 Å². The predicted molar refractivity (Wildman–Crippen MR) is 97.1 cm³/mol. The summed E-state index contributed by atoms with van der Waals surface area (Å²) in [5.74, 6) is 0.162. The first kappa shape index (κ1) is 17.8. The van der Waals surface area contributed by atoms with E-state index in [1.54, 1.807) is 24.3 Å². The molecule has 0 saturated heterocycles. The summed E-state index contributed by atoms with van der Waals surface area (Å²) in [4.78, 5) is 12.8. The van der Waals surface area contributed by atoms with Crippen LogP contribution >= 0.6 is 11.6 Å². The quantitative estimate of drug-likeness (QED) is 0.888. The van der Waals surface area contributed by atoms with Gasteiger partial charge in [-0.1, -0.05) is 17.7 Å². The van der Waals surface area contributed by atoms with E-state index in [0.717, 1.165) is 23.1 Å². The first-order chi connectivity index (χ1) is 11.7. The second-order valence-electron chi connectivity index (χ2n) is 6.20. The molecule has 0 radical (unpaired) electrons. The molecule has 1 N–H and O–H groups in total. The minimum atomic E-state index is -3.34. The first-order valence-electron chi connectivity index (χ1n) is 7.77. The van der Waals surface area contributed by atoms with E-state index in [1.165, 1.54) is 12.1 Å². The Bertz CT molecular complexity index is 940. The lowest BCUT2D eigenvalue weighted by molar-refractivity contribution is -0.121. The van der Waals surface area contributed by atoms with Crippen molar-refractivity contribution in [1.82, 2.24) is 0 Å². The molecule has 1 aliphatic rings. The molecule has 25 heavy (non-hydrogen) atoms. The lowest BCUT2D eigenvalue weighted by atomic mass is 9.96. The van der Waals surface area contributed by atoms with Gasteiger partial charge in [-0.25, -0.2) is 8.42 Å². The van der Waals surface area contributed by atoms with Crippen LogP contribution in [0.25, 0.3) is 0 Å². The predicted octanol–water partition coefficient (Wildman–Crippen LogP) is 3.24.